The molecule has 0 radical (unpaired) electrons. The summed E-state index contributed by atoms with van der Waals surface area (Å²) in [4.78, 5) is 16.4. The monoisotopic (exact) mass is 429 g/mol. The van der Waals surface area contributed by atoms with E-state index in [4.69, 9.17) is 9.47 Å². The Balaban J connectivity index is 0.00000364. The lowest BCUT2D eigenvalue weighted by molar-refractivity contribution is -0.124. The summed E-state index contributed by atoms with van der Waals surface area (Å²) in [5, 5.41) is 5.92. The number of ether oxygens (including phenoxy) is 2. The number of pyridine rings is 1. The van der Waals surface area contributed by atoms with Crippen LogP contribution in [0.1, 0.15) is 25.8 Å². The summed E-state index contributed by atoms with van der Waals surface area (Å²) >= 11 is 0. The quantitative estimate of drug-likeness (QED) is 0.597. The van der Waals surface area contributed by atoms with Gasteiger partial charge in [-0.25, -0.2) is 4.98 Å². The van der Waals surface area contributed by atoms with Crippen molar-refractivity contribution in [1.29, 1.82) is 0 Å². The molecule has 1 aromatic carbocycles. The first-order valence-electron chi connectivity index (χ1n) is 8.91. The molecule has 1 heterocycles. The molecule has 0 bridgehead atoms. The van der Waals surface area contributed by atoms with E-state index in [2.05, 4.69) is 22.5 Å². The predicted molar refractivity (Wildman–Crippen MR) is 116 cm³/mol. The van der Waals surface area contributed by atoms with E-state index in [0.717, 1.165) is 17.7 Å². The van der Waals surface area contributed by atoms with Crippen LogP contribution < -0.4 is 20.1 Å². The number of halogens is 2. The first-order chi connectivity index (χ1) is 12.6. The van der Waals surface area contributed by atoms with Crippen molar-refractivity contribution in [1.82, 2.24) is 15.6 Å². The van der Waals surface area contributed by atoms with Gasteiger partial charge in [0, 0.05) is 30.8 Å². The summed E-state index contributed by atoms with van der Waals surface area (Å²) in [7, 11) is 1.83. The van der Waals surface area contributed by atoms with Gasteiger partial charge in [0.2, 0.25) is 11.8 Å². The van der Waals surface area contributed by atoms with Crippen LogP contribution in [0.5, 0.6) is 17.4 Å². The summed E-state index contributed by atoms with van der Waals surface area (Å²) < 4.78 is 11.4. The zero-order valence-electron chi connectivity index (χ0n) is 16.4. The number of carbonyl (C=O) groups is 1. The van der Waals surface area contributed by atoms with Crippen molar-refractivity contribution in [3.63, 3.8) is 0 Å². The second-order valence-electron chi connectivity index (χ2n) is 6.07. The molecule has 8 heteroatoms. The normalized spacial score (nSPS) is 10.8. The van der Waals surface area contributed by atoms with Gasteiger partial charge in [0.25, 0.3) is 0 Å². The summed E-state index contributed by atoms with van der Waals surface area (Å²) in [5.41, 5.74) is 0.823. The molecular formula is C20H29Cl2N3O3. The van der Waals surface area contributed by atoms with Gasteiger partial charge in [-0.2, -0.15) is 0 Å². The molecule has 2 N–H and O–H groups in total. The Hall–Kier alpha value is -2.02. The van der Waals surface area contributed by atoms with Crippen molar-refractivity contribution in [2.45, 2.75) is 26.8 Å². The van der Waals surface area contributed by atoms with Crippen molar-refractivity contribution < 1.29 is 14.3 Å². The van der Waals surface area contributed by atoms with Gasteiger partial charge < -0.3 is 20.1 Å². The molecule has 0 spiro atoms. The molecule has 1 aromatic heterocycles. The molecule has 0 fully saturated rings. The number of rotatable bonds is 10. The van der Waals surface area contributed by atoms with Gasteiger partial charge >= 0.3 is 0 Å². The number of hydrogen-bond donors (Lipinski definition) is 2. The Morgan fingerprint density at radius 2 is 1.82 bits per heavy atom. The van der Waals surface area contributed by atoms with Crippen molar-refractivity contribution in [3.05, 3.63) is 48.2 Å². The maximum atomic E-state index is 12.1. The van der Waals surface area contributed by atoms with Crippen LogP contribution in [0.3, 0.4) is 0 Å². The van der Waals surface area contributed by atoms with Crippen molar-refractivity contribution in [3.8, 4) is 17.4 Å². The van der Waals surface area contributed by atoms with Crippen LogP contribution >= 0.6 is 24.8 Å². The van der Waals surface area contributed by atoms with E-state index in [-0.39, 0.29) is 36.6 Å². The number of nitrogens with one attached hydrogen (secondary N) is 2. The third kappa shape index (κ3) is 8.33. The summed E-state index contributed by atoms with van der Waals surface area (Å²) in [6.07, 6.45) is 2.64. The maximum Gasteiger partial charge on any atom is 0.224 e. The van der Waals surface area contributed by atoms with Gasteiger partial charge in [0.1, 0.15) is 11.5 Å². The Morgan fingerprint density at radius 1 is 1.14 bits per heavy atom. The van der Waals surface area contributed by atoms with Crippen molar-refractivity contribution in [2.24, 2.45) is 5.92 Å². The third-order valence-electron chi connectivity index (χ3n) is 3.77. The second kappa shape index (κ2) is 14.0. The molecule has 1 unspecified atom stereocenters. The van der Waals surface area contributed by atoms with Gasteiger partial charge in [-0.1, -0.05) is 19.9 Å². The van der Waals surface area contributed by atoms with Gasteiger partial charge in [0.05, 0.1) is 6.61 Å². The zero-order valence-corrected chi connectivity index (χ0v) is 18.1. The molecule has 2 rings (SSSR count). The number of carbonyl (C=O) groups excluding carboxylic acids is 1. The van der Waals surface area contributed by atoms with Gasteiger partial charge in [-0.15, -0.1) is 24.8 Å². The SMILES string of the molecule is CCCOc1ccc(Oc2ncccc2CNC(=O)C(C)CNC)cc1.Cl.Cl. The van der Waals surface area contributed by atoms with Gasteiger partial charge in [-0.3, -0.25) is 4.79 Å². The number of aromatic nitrogens is 1. The first-order valence-corrected chi connectivity index (χ1v) is 8.91. The Kier molecular flexibility index (Phi) is 13.0. The fourth-order valence-corrected chi connectivity index (χ4v) is 2.34. The number of hydrogen-bond acceptors (Lipinski definition) is 5. The first kappa shape index (κ1) is 26.0. The highest BCUT2D eigenvalue weighted by atomic mass is 35.5. The molecule has 28 heavy (non-hydrogen) atoms. The largest absolute Gasteiger partial charge is 0.494 e. The van der Waals surface area contributed by atoms with Crippen LogP contribution in [0.2, 0.25) is 0 Å². The smallest absolute Gasteiger partial charge is 0.224 e. The minimum atomic E-state index is -0.100. The van der Waals surface area contributed by atoms with E-state index in [1.807, 2.05) is 50.4 Å². The maximum absolute atomic E-state index is 12.1. The molecule has 0 aliphatic carbocycles. The molecule has 0 aliphatic rings. The minimum absolute atomic E-state index is 0. The molecule has 0 saturated carbocycles. The minimum Gasteiger partial charge on any atom is -0.494 e. The molecule has 6 nitrogen and oxygen atoms in total. The fourth-order valence-electron chi connectivity index (χ4n) is 2.34. The number of amides is 1. The number of benzene rings is 1. The van der Waals surface area contributed by atoms with Crippen LogP contribution in [0.15, 0.2) is 42.6 Å². The Morgan fingerprint density at radius 3 is 2.46 bits per heavy atom. The average Bonchev–Trinajstić information content (AvgIpc) is 2.66. The van der Waals surface area contributed by atoms with E-state index >= 15 is 0 Å². The molecule has 0 aliphatic heterocycles. The summed E-state index contributed by atoms with van der Waals surface area (Å²) in [6.45, 7) is 5.64. The molecule has 1 atom stereocenters. The third-order valence-corrected chi connectivity index (χ3v) is 3.77. The van der Waals surface area contributed by atoms with E-state index in [9.17, 15) is 4.79 Å². The van der Waals surface area contributed by atoms with Crippen LogP contribution in [-0.2, 0) is 11.3 Å². The average molecular weight is 430 g/mol. The molecule has 2 aromatic rings. The topological polar surface area (TPSA) is 72.5 Å². The lowest BCUT2D eigenvalue weighted by atomic mass is 10.1. The van der Waals surface area contributed by atoms with Crippen LogP contribution in [0, 0.1) is 5.92 Å². The lowest BCUT2D eigenvalue weighted by Gasteiger charge is -2.14. The lowest BCUT2D eigenvalue weighted by Crippen LogP contribution is -2.34. The zero-order chi connectivity index (χ0) is 18.8. The molecular weight excluding hydrogens is 401 g/mol. The summed E-state index contributed by atoms with van der Waals surface area (Å²) in [6, 6.07) is 11.1. The van der Waals surface area contributed by atoms with Crippen molar-refractivity contribution in [2.75, 3.05) is 20.2 Å². The van der Waals surface area contributed by atoms with E-state index in [1.54, 1.807) is 6.20 Å². The Labute approximate surface area is 179 Å². The van der Waals surface area contributed by atoms with Crippen LogP contribution in [0.4, 0.5) is 0 Å². The predicted octanol–water partition coefficient (Wildman–Crippen LogP) is 3.98. The molecule has 0 saturated heterocycles. The second-order valence-corrected chi connectivity index (χ2v) is 6.07. The standard InChI is InChI=1S/C20H27N3O3.2ClH/c1-4-12-25-17-7-9-18(10-8-17)26-20-16(6-5-11-22-20)14-23-19(24)15(2)13-21-3;;/h5-11,15,21H,4,12-14H2,1-3H3,(H,23,24);2*1H. The number of nitrogens with zero attached hydrogens (tertiary/aromatic N) is 1. The highest BCUT2D eigenvalue weighted by molar-refractivity contribution is 5.85. The molecule has 156 valence electrons. The van der Waals surface area contributed by atoms with Gasteiger partial charge in [-0.05, 0) is 43.8 Å². The fraction of sp³-hybridized carbons (Fsp3) is 0.400. The highest BCUT2D eigenvalue weighted by Gasteiger charge is 2.13. The molecule has 1 amide bonds. The van der Waals surface area contributed by atoms with E-state index in [0.29, 0.717) is 31.3 Å². The van der Waals surface area contributed by atoms with Gasteiger partial charge in [0.15, 0.2) is 0 Å². The Bertz CT molecular complexity index is 699. The van der Waals surface area contributed by atoms with Crippen LogP contribution in [0.25, 0.3) is 0 Å². The van der Waals surface area contributed by atoms with Crippen LogP contribution in [-0.4, -0.2) is 31.1 Å². The summed E-state index contributed by atoms with van der Waals surface area (Å²) in [5.74, 6) is 1.86. The van der Waals surface area contributed by atoms with E-state index < -0.39 is 0 Å². The highest BCUT2D eigenvalue weighted by Crippen LogP contribution is 2.25. The van der Waals surface area contributed by atoms with Crippen molar-refractivity contribution >= 4 is 30.7 Å². The van der Waals surface area contributed by atoms with E-state index in [1.165, 1.54) is 0 Å².